The van der Waals surface area contributed by atoms with Gasteiger partial charge in [-0.2, -0.15) is 0 Å². The van der Waals surface area contributed by atoms with Gasteiger partial charge in [-0.05, 0) is 55.2 Å². The molecule has 1 saturated heterocycles. The van der Waals surface area contributed by atoms with Crippen molar-refractivity contribution in [1.29, 1.82) is 0 Å². The van der Waals surface area contributed by atoms with Gasteiger partial charge < -0.3 is 10.1 Å². The first-order valence-corrected chi connectivity index (χ1v) is 13.3. The highest BCUT2D eigenvalue weighted by molar-refractivity contribution is 7.92. The topological polar surface area (TPSA) is 87.7 Å². The summed E-state index contributed by atoms with van der Waals surface area (Å²) in [6.07, 6.45) is 7.42. The molecule has 0 radical (unpaired) electrons. The third-order valence-electron chi connectivity index (χ3n) is 6.53. The van der Waals surface area contributed by atoms with E-state index in [9.17, 15) is 13.2 Å². The number of cyclic esters (lactones) is 1. The third kappa shape index (κ3) is 6.06. The molecule has 1 aliphatic carbocycles. The van der Waals surface area contributed by atoms with Crippen LogP contribution in [0.5, 0.6) is 0 Å². The van der Waals surface area contributed by atoms with Gasteiger partial charge in [0, 0.05) is 18.3 Å². The molecule has 7 nitrogen and oxygen atoms in total. The largest absolute Gasteiger partial charge is 0.447 e. The molecular formula is C25H33N3O4S. The minimum absolute atomic E-state index is 0.146. The van der Waals surface area contributed by atoms with E-state index in [1.165, 1.54) is 49.1 Å². The molecule has 1 saturated carbocycles. The zero-order valence-electron chi connectivity index (χ0n) is 19.1. The van der Waals surface area contributed by atoms with Gasteiger partial charge in [0.2, 0.25) is 0 Å². The van der Waals surface area contributed by atoms with E-state index in [2.05, 4.69) is 17.0 Å². The second kappa shape index (κ2) is 10.6. The highest BCUT2D eigenvalue weighted by Crippen LogP contribution is 2.28. The fraction of sp³-hybridized carbons (Fsp3) is 0.480. The van der Waals surface area contributed by atoms with Crippen LogP contribution >= 0.6 is 0 Å². The van der Waals surface area contributed by atoms with E-state index in [4.69, 9.17) is 4.74 Å². The summed E-state index contributed by atoms with van der Waals surface area (Å²) >= 11 is 0. The Hall–Kier alpha value is -2.58. The second-order valence-electron chi connectivity index (χ2n) is 9.04. The Morgan fingerprint density at radius 3 is 2.48 bits per heavy atom. The van der Waals surface area contributed by atoms with Crippen LogP contribution in [0, 0.1) is 5.92 Å². The van der Waals surface area contributed by atoms with Crippen molar-refractivity contribution in [2.24, 2.45) is 5.92 Å². The number of para-hydroxylation sites is 1. The highest BCUT2D eigenvalue weighted by Gasteiger charge is 2.24. The Labute approximate surface area is 196 Å². The Balaban J connectivity index is 1.39. The number of hydrogen-bond acceptors (Lipinski definition) is 5. The Morgan fingerprint density at radius 1 is 1.06 bits per heavy atom. The van der Waals surface area contributed by atoms with Crippen molar-refractivity contribution in [2.45, 2.75) is 62.9 Å². The lowest BCUT2D eigenvalue weighted by molar-refractivity contribution is 0.181. The minimum atomic E-state index is -3.76. The first-order valence-electron chi connectivity index (χ1n) is 11.8. The normalized spacial score (nSPS) is 18.2. The molecule has 4 rings (SSSR count). The molecule has 178 valence electrons. The molecule has 8 heteroatoms. The molecule has 2 N–H and O–H groups in total. The molecule has 1 aliphatic heterocycles. The van der Waals surface area contributed by atoms with Crippen molar-refractivity contribution in [3.8, 4) is 0 Å². The standard InChI is InChI=1S/C25H33N3O4S/c1-19(17-20-7-3-2-4-8-20)26-18-21-9-5-6-10-24(21)27-33(30,31)23-13-11-22(12-14-23)28-15-16-32-25(28)29/h5-6,9-14,19-20,26-27H,2-4,7-8,15-18H2,1H3/t19-/m0/s1. The number of ether oxygens (including phenoxy) is 1. The monoisotopic (exact) mass is 471 g/mol. The van der Waals surface area contributed by atoms with Crippen LogP contribution in [0.15, 0.2) is 53.4 Å². The Morgan fingerprint density at radius 2 is 1.79 bits per heavy atom. The molecule has 0 spiro atoms. The lowest BCUT2D eigenvalue weighted by atomic mass is 9.85. The maximum atomic E-state index is 13.0. The summed E-state index contributed by atoms with van der Waals surface area (Å²) in [6, 6.07) is 14.1. The van der Waals surface area contributed by atoms with Gasteiger partial charge >= 0.3 is 6.09 Å². The van der Waals surface area contributed by atoms with E-state index in [-0.39, 0.29) is 4.90 Å². The lowest BCUT2D eigenvalue weighted by Gasteiger charge is -2.25. The molecule has 2 aromatic carbocycles. The fourth-order valence-corrected chi connectivity index (χ4v) is 5.80. The summed E-state index contributed by atoms with van der Waals surface area (Å²) < 4.78 is 33.7. The maximum absolute atomic E-state index is 13.0. The summed E-state index contributed by atoms with van der Waals surface area (Å²) in [5.74, 6) is 0.792. The van der Waals surface area contributed by atoms with Crippen molar-refractivity contribution in [1.82, 2.24) is 5.32 Å². The second-order valence-corrected chi connectivity index (χ2v) is 10.7. The number of sulfonamides is 1. The average molecular weight is 472 g/mol. The van der Waals surface area contributed by atoms with Gasteiger partial charge in [-0.25, -0.2) is 13.2 Å². The van der Waals surface area contributed by atoms with Gasteiger partial charge in [0.05, 0.1) is 17.1 Å². The summed E-state index contributed by atoms with van der Waals surface area (Å²) in [4.78, 5) is 13.4. The van der Waals surface area contributed by atoms with Crippen LogP contribution < -0.4 is 14.9 Å². The minimum Gasteiger partial charge on any atom is -0.447 e. The molecule has 0 bridgehead atoms. The molecule has 1 heterocycles. The fourth-order valence-electron chi connectivity index (χ4n) is 4.70. The van der Waals surface area contributed by atoms with Gasteiger partial charge in [0.15, 0.2) is 0 Å². The predicted octanol–water partition coefficient (Wildman–Crippen LogP) is 4.89. The number of carbonyl (C=O) groups excluding carboxylic acids is 1. The molecule has 33 heavy (non-hydrogen) atoms. The van der Waals surface area contributed by atoms with Crippen LogP contribution in [0.3, 0.4) is 0 Å². The van der Waals surface area contributed by atoms with Crippen LogP contribution in [0.25, 0.3) is 0 Å². The number of rotatable bonds is 9. The quantitative estimate of drug-likeness (QED) is 0.544. The number of carbonyl (C=O) groups is 1. The average Bonchev–Trinajstić information content (AvgIpc) is 3.25. The molecule has 0 aromatic heterocycles. The van der Waals surface area contributed by atoms with Crippen molar-refractivity contribution >= 4 is 27.5 Å². The van der Waals surface area contributed by atoms with Gasteiger partial charge in [0.25, 0.3) is 10.0 Å². The number of nitrogens with one attached hydrogen (secondary N) is 2. The highest BCUT2D eigenvalue weighted by atomic mass is 32.2. The summed E-state index contributed by atoms with van der Waals surface area (Å²) in [5, 5.41) is 3.57. The van der Waals surface area contributed by atoms with E-state index in [1.54, 1.807) is 18.2 Å². The molecule has 2 aliphatic rings. The van der Waals surface area contributed by atoms with Gasteiger partial charge in [-0.1, -0.05) is 50.3 Å². The van der Waals surface area contributed by atoms with Crippen molar-refractivity contribution in [3.63, 3.8) is 0 Å². The number of hydrogen-bond donors (Lipinski definition) is 2. The SMILES string of the molecule is C[C@@H](CC1CCCCC1)NCc1ccccc1NS(=O)(=O)c1ccc(N2CCOC2=O)cc1. The summed E-state index contributed by atoms with van der Waals surface area (Å²) in [7, 11) is -3.76. The first-order chi connectivity index (χ1) is 15.9. The number of amides is 1. The van der Waals surface area contributed by atoms with Crippen molar-refractivity contribution in [2.75, 3.05) is 22.8 Å². The summed E-state index contributed by atoms with van der Waals surface area (Å²) in [5.41, 5.74) is 2.10. The maximum Gasteiger partial charge on any atom is 0.414 e. The van der Waals surface area contributed by atoms with Crippen LogP contribution in [-0.2, 0) is 21.3 Å². The van der Waals surface area contributed by atoms with E-state index < -0.39 is 16.1 Å². The zero-order valence-corrected chi connectivity index (χ0v) is 19.9. The van der Waals surface area contributed by atoms with Gasteiger partial charge in [-0.3, -0.25) is 9.62 Å². The lowest BCUT2D eigenvalue weighted by Crippen LogP contribution is -2.29. The number of anilines is 2. The number of benzene rings is 2. The molecule has 0 unspecified atom stereocenters. The van der Waals surface area contributed by atoms with Crippen LogP contribution in [0.1, 0.15) is 51.0 Å². The molecule has 1 atom stereocenters. The Kier molecular flexibility index (Phi) is 7.55. The third-order valence-corrected chi connectivity index (χ3v) is 7.92. The van der Waals surface area contributed by atoms with E-state index >= 15 is 0 Å². The van der Waals surface area contributed by atoms with Crippen LogP contribution in [-0.4, -0.2) is 33.7 Å². The molecule has 1 amide bonds. The first kappa shape index (κ1) is 23.6. The van der Waals surface area contributed by atoms with E-state index in [0.29, 0.717) is 37.1 Å². The predicted molar refractivity (Wildman–Crippen MR) is 130 cm³/mol. The Bertz CT molecular complexity index is 1050. The molecule has 2 aromatic rings. The van der Waals surface area contributed by atoms with Gasteiger partial charge in [0.1, 0.15) is 6.61 Å². The van der Waals surface area contributed by atoms with Crippen molar-refractivity contribution < 1.29 is 17.9 Å². The van der Waals surface area contributed by atoms with Crippen LogP contribution in [0.2, 0.25) is 0 Å². The smallest absolute Gasteiger partial charge is 0.414 e. The van der Waals surface area contributed by atoms with Gasteiger partial charge in [-0.15, -0.1) is 0 Å². The van der Waals surface area contributed by atoms with E-state index in [1.807, 2.05) is 18.2 Å². The zero-order chi connectivity index (χ0) is 23.3. The van der Waals surface area contributed by atoms with Crippen LogP contribution in [0.4, 0.5) is 16.2 Å². The van der Waals surface area contributed by atoms with E-state index in [0.717, 1.165) is 17.9 Å². The number of nitrogens with zero attached hydrogens (tertiary/aromatic N) is 1. The molecular weight excluding hydrogens is 438 g/mol. The van der Waals surface area contributed by atoms with Crippen molar-refractivity contribution in [3.05, 3.63) is 54.1 Å². The molecule has 2 fully saturated rings. The summed E-state index contributed by atoms with van der Waals surface area (Å²) in [6.45, 7) is 3.61.